The van der Waals surface area contributed by atoms with Gasteiger partial charge in [-0.25, -0.2) is 0 Å². The van der Waals surface area contributed by atoms with Gasteiger partial charge in [0.25, 0.3) is 5.91 Å². The Labute approximate surface area is 191 Å². The van der Waals surface area contributed by atoms with Crippen LogP contribution in [0.4, 0.5) is 0 Å². The molecule has 0 bridgehead atoms. The molecule has 0 fully saturated rings. The monoisotopic (exact) mass is 512 g/mol. The Kier molecular flexibility index (Phi) is 7.18. The van der Waals surface area contributed by atoms with Crippen molar-refractivity contribution < 1.29 is 13.9 Å². The first-order valence-electron chi connectivity index (χ1n) is 8.34. The summed E-state index contributed by atoms with van der Waals surface area (Å²) in [7, 11) is 1.42. The van der Waals surface area contributed by atoms with Crippen LogP contribution in [0, 0.1) is 0 Å². The number of carbonyl (C=O) groups excluding carboxylic acids is 1. The Hall–Kier alpha value is -2.06. The molecule has 0 saturated heterocycles. The number of ether oxygens (including phenoxy) is 1. The van der Waals surface area contributed by atoms with E-state index in [1.54, 1.807) is 0 Å². The van der Waals surface area contributed by atoms with Crippen LogP contribution in [0.5, 0.6) is 5.75 Å². The SMILES string of the molecule is COc1c(Cl)cc(Cl)cc1C(=O)NC(=S)NCc1ccc(-c2ccc(Br)cc2)o1. The minimum atomic E-state index is -0.487. The molecule has 5 nitrogen and oxygen atoms in total. The van der Waals surface area contributed by atoms with Crippen molar-refractivity contribution in [3.8, 4) is 17.1 Å². The molecule has 9 heteroatoms. The Bertz CT molecular complexity index is 1050. The van der Waals surface area contributed by atoms with E-state index in [1.165, 1.54) is 19.2 Å². The standard InChI is InChI=1S/C20H15BrCl2N2O3S/c1-27-18-15(8-13(22)9-16(18)23)19(26)25-20(29)24-10-14-6-7-17(28-14)11-2-4-12(21)5-3-11/h2-9H,10H2,1H3,(H2,24,25,26,29). The summed E-state index contributed by atoms with van der Waals surface area (Å²) in [6.45, 7) is 0.309. The van der Waals surface area contributed by atoms with Crippen LogP contribution in [0.25, 0.3) is 11.3 Å². The number of amides is 1. The molecule has 1 aromatic heterocycles. The minimum absolute atomic E-state index is 0.134. The molecule has 0 aliphatic rings. The highest BCUT2D eigenvalue weighted by Crippen LogP contribution is 2.32. The van der Waals surface area contributed by atoms with Gasteiger partial charge in [-0.1, -0.05) is 51.3 Å². The summed E-state index contributed by atoms with van der Waals surface area (Å²) >= 11 is 20.6. The highest BCUT2D eigenvalue weighted by atomic mass is 79.9. The lowest BCUT2D eigenvalue weighted by atomic mass is 10.2. The van der Waals surface area contributed by atoms with E-state index in [-0.39, 0.29) is 21.4 Å². The lowest BCUT2D eigenvalue weighted by Crippen LogP contribution is -2.38. The highest BCUT2D eigenvalue weighted by molar-refractivity contribution is 9.10. The lowest BCUT2D eigenvalue weighted by Gasteiger charge is -2.12. The van der Waals surface area contributed by atoms with Gasteiger partial charge in [-0.05, 0) is 48.6 Å². The van der Waals surface area contributed by atoms with Crippen molar-refractivity contribution >= 4 is 62.4 Å². The van der Waals surface area contributed by atoms with Gasteiger partial charge in [0.2, 0.25) is 0 Å². The van der Waals surface area contributed by atoms with Gasteiger partial charge in [-0.2, -0.15) is 0 Å². The van der Waals surface area contributed by atoms with E-state index < -0.39 is 5.91 Å². The van der Waals surface area contributed by atoms with E-state index >= 15 is 0 Å². The van der Waals surface area contributed by atoms with Crippen molar-refractivity contribution in [2.24, 2.45) is 0 Å². The first kappa shape index (κ1) is 21.6. The van der Waals surface area contributed by atoms with Crippen LogP contribution < -0.4 is 15.4 Å². The van der Waals surface area contributed by atoms with E-state index in [0.29, 0.717) is 17.3 Å². The number of rotatable bonds is 5. The fraction of sp³-hybridized carbons (Fsp3) is 0.100. The van der Waals surface area contributed by atoms with Crippen molar-refractivity contribution in [1.29, 1.82) is 0 Å². The van der Waals surface area contributed by atoms with E-state index in [2.05, 4.69) is 26.6 Å². The quantitative estimate of drug-likeness (QED) is 0.420. The Morgan fingerprint density at radius 3 is 2.59 bits per heavy atom. The molecule has 0 aliphatic carbocycles. The van der Waals surface area contributed by atoms with Gasteiger partial charge >= 0.3 is 0 Å². The number of halogens is 3. The zero-order valence-electron chi connectivity index (χ0n) is 15.1. The normalized spacial score (nSPS) is 10.5. The predicted octanol–water partition coefficient (Wildman–Crippen LogP) is 5.83. The molecule has 3 aromatic rings. The van der Waals surface area contributed by atoms with Crippen molar-refractivity contribution in [2.75, 3.05) is 7.11 Å². The minimum Gasteiger partial charge on any atom is -0.494 e. The topological polar surface area (TPSA) is 63.5 Å². The molecule has 29 heavy (non-hydrogen) atoms. The first-order chi connectivity index (χ1) is 13.9. The van der Waals surface area contributed by atoms with E-state index in [9.17, 15) is 4.79 Å². The summed E-state index contributed by atoms with van der Waals surface area (Å²) in [5.74, 6) is 1.14. The summed E-state index contributed by atoms with van der Waals surface area (Å²) in [5, 5.41) is 6.20. The second kappa shape index (κ2) is 9.63. The lowest BCUT2D eigenvalue weighted by molar-refractivity contribution is 0.0973. The predicted molar refractivity (Wildman–Crippen MR) is 122 cm³/mol. The molecule has 1 heterocycles. The van der Waals surface area contributed by atoms with Gasteiger partial charge in [0.15, 0.2) is 5.11 Å². The van der Waals surface area contributed by atoms with Gasteiger partial charge in [-0.15, -0.1) is 0 Å². The molecule has 0 radical (unpaired) electrons. The van der Waals surface area contributed by atoms with Gasteiger partial charge in [0.1, 0.15) is 17.3 Å². The largest absolute Gasteiger partial charge is 0.494 e. The zero-order valence-corrected chi connectivity index (χ0v) is 19.0. The fourth-order valence-electron chi connectivity index (χ4n) is 2.56. The van der Waals surface area contributed by atoms with Crippen LogP contribution in [0.3, 0.4) is 0 Å². The summed E-state index contributed by atoms with van der Waals surface area (Å²) < 4.78 is 12.0. The van der Waals surface area contributed by atoms with E-state index in [4.69, 9.17) is 44.6 Å². The summed E-state index contributed by atoms with van der Waals surface area (Å²) in [6, 6.07) is 14.5. The van der Waals surface area contributed by atoms with Crippen LogP contribution in [0.15, 0.2) is 57.4 Å². The molecule has 0 saturated carbocycles. The molecule has 150 valence electrons. The molecule has 0 spiro atoms. The Morgan fingerprint density at radius 2 is 1.90 bits per heavy atom. The summed E-state index contributed by atoms with van der Waals surface area (Å²) in [6.07, 6.45) is 0. The van der Waals surface area contributed by atoms with Crippen LogP contribution in [-0.2, 0) is 6.54 Å². The van der Waals surface area contributed by atoms with Crippen LogP contribution >= 0.6 is 51.3 Å². The third-order valence-electron chi connectivity index (χ3n) is 3.90. The third kappa shape index (κ3) is 5.51. The Balaban J connectivity index is 1.61. The van der Waals surface area contributed by atoms with Crippen molar-refractivity contribution in [2.45, 2.75) is 6.54 Å². The third-order valence-corrected chi connectivity index (χ3v) is 5.17. The first-order valence-corrected chi connectivity index (χ1v) is 10.3. The van der Waals surface area contributed by atoms with Gasteiger partial charge in [-0.3, -0.25) is 10.1 Å². The number of nitrogens with one attached hydrogen (secondary N) is 2. The number of thiocarbonyl (C=S) groups is 1. The second-order valence-corrected chi connectivity index (χ2v) is 8.05. The zero-order chi connectivity index (χ0) is 21.0. The maximum Gasteiger partial charge on any atom is 0.261 e. The van der Waals surface area contributed by atoms with Gasteiger partial charge in [0, 0.05) is 15.1 Å². The van der Waals surface area contributed by atoms with E-state index in [0.717, 1.165) is 15.8 Å². The number of carbonyl (C=O) groups is 1. The van der Waals surface area contributed by atoms with Crippen LogP contribution in [-0.4, -0.2) is 18.1 Å². The van der Waals surface area contributed by atoms with E-state index in [1.807, 2.05) is 36.4 Å². The van der Waals surface area contributed by atoms with Crippen molar-refractivity contribution in [1.82, 2.24) is 10.6 Å². The summed E-state index contributed by atoms with van der Waals surface area (Å²) in [5.41, 5.74) is 1.14. The molecular formula is C20H15BrCl2N2O3S. The number of furan rings is 1. The molecule has 0 atom stereocenters. The smallest absolute Gasteiger partial charge is 0.261 e. The molecule has 2 aromatic carbocycles. The number of benzene rings is 2. The van der Waals surface area contributed by atoms with Crippen LogP contribution in [0.1, 0.15) is 16.1 Å². The molecule has 3 rings (SSSR count). The molecular weight excluding hydrogens is 499 g/mol. The fourth-order valence-corrected chi connectivity index (χ4v) is 3.56. The van der Waals surface area contributed by atoms with Gasteiger partial charge in [0.05, 0.1) is 24.2 Å². The Morgan fingerprint density at radius 1 is 1.17 bits per heavy atom. The average molecular weight is 514 g/mol. The van der Waals surface area contributed by atoms with Crippen molar-refractivity contribution in [3.63, 3.8) is 0 Å². The molecule has 2 N–H and O–H groups in total. The molecule has 1 amide bonds. The maximum absolute atomic E-state index is 12.5. The molecule has 0 unspecified atom stereocenters. The maximum atomic E-state index is 12.5. The van der Waals surface area contributed by atoms with Crippen molar-refractivity contribution in [3.05, 3.63) is 74.4 Å². The van der Waals surface area contributed by atoms with Gasteiger partial charge < -0.3 is 14.5 Å². The number of methoxy groups -OCH3 is 1. The summed E-state index contributed by atoms with van der Waals surface area (Å²) in [4.78, 5) is 12.5. The highest BCUT2D eigenvalue weighted by Gasteiger charge is 2.18. The number of hydrogen-bond acceptors (Lipinski definition) is 4. The second-order valence-electron chi connectivity index (χ2n) is 5.88. The average Bonchev–Trinajstić information content (AvgIpc) is 3.15. The number of hydrogen-bond donors (Lipinski definition) is 2. The molecule has 0 aliphatic heterocycles. The van der Waals surface area contributed by atoms with Crippen LogP contribution in [0.2, 0.25) is 10.0 Å².